The van der Waals surface area contributed by atoms with Crippen molar-refractivity contribution in [1.29, 1.82) is 0 Å². The van der Waals surface area contributed by atoms with Crippen LogP contribution in [-0.4, -0.2) is 49.5 Å². The van der Waals surface area contributed by atoms with Crippen LogP contribution in [0, 0.1) is 12.7 Å². The molecule has 0 fully saturated rings. The summed E-state index contributed by atoms with van der Waals surface area (Å²) < 4.78 is 48.1. The summed E-state index contributed by atoms with van der Waals surface area (Å²) in [7, 11) is -2.84. The van der Waals surface area contributed by atoms with Crippen LogP contribution in [0.2, 0.25) is 0 Å². The van der Waals surface area contributed by atoms with Gasteiger partial charge in [0.1, 0.15) is 18.1 Å². The molecule has 0 spiro atoms. The Morgan fingerprint density at radius 2 is 1.96 bits per heavy atom. The SMILES string of the molecule is Cc1cc(NC(=O)[C@H](C)OC(=O)CN(C)S(=O)(=O)c2ccc(F)cc2)no1. The first-order valence-corrected chi connectivity index (χ1v) is 9.19. The lowest BCUT2D eigenvalue weighted by molar-refractivity contribution is -0.153. The molecule has 0 aliphatic heterocycles. The first kappa shape index (κ1) is 20.5. The third-order valence-corrected chi connectivity index (χ3v) is 5.25. The second kappa shape index (κ2) is 8.27. The van der Waals surface area contributed by atoms with Gasteiger partial charge >= 0.3 is 5.97 Å². The van der Waals surface area contributed by atoms with Crippen LogP contribution in [0.3, 0.4) is 0 Å². The molecule has 1 aromatic carbocycles. The minimum Gasteiger partial charge on any atom is -0.452 e. The number of carbonyl (C=O) groups is 2. The summed E-state index contributed by atoms with van der Waals surface area (Å²) >= 11 is 0. The molecule has 11 heteroatoms. The maximum Gasteiger partial charge on any atom is 0.322 e. The van der Waals surface area contributed by atoms with Gasteiger partial charge in [0.15, 0.2) is 11.9 Å². The van der Waals surface area contributed by atoms with Crippen molar-refractivity contribution >= 4 is 27.7 Å². The van der Waals surface area contributed by atoms with Crippen LogP contribution in [0.15, 0.2) is 39.8 Å². The van der Waals surface area contributed by atoms with E-state index >= 15 is 0 Å². The molecule has 1 amide bonds. The van der Waals surface area contributed by atoms with Gasteiger partial charge in [-0.25, -0.2) is 12.8 Å². The van der Waals surface area contributed by atoms with E-state index in [1.165, 1.54) is 20.0 Å². The summed E-state index contributed by atoms with van der Waals surface area (Å²) in [5.41, 5.74) is 0. The van der Waals surface area contributed by atoms with Gasteiger partial charge in [-0.05, 0) is 38.1 Å². The van der Waals surface area contributed by atoms with Crippen LogP contribution in [-0.2, 0) is 24.3 Å². The molecule has 0 aliphatic carbocycles. The Morgan fingerprint density at radius 1 is 1.33 bits per heavy atom. The van der Waals surface area contributed by atoms with E-state index in [9.17, 15) is 22.4 Å². The Balaban J connectivity index is 1.93. The van der Waals surface area contributed by atoms with Gasteiger partial charge in [-0.2, -0.15) is 4.31 Å². The number of amides is 1. The van der Waals surface area contributed by atoms with Gasteiger partial charge in [0.2, 0.25) is 10.0 Å². The van der Waals surface area contributed by atoms with Crippen LogP contribution in [0.4, 0.5) is 10.2 Å². The number of ether oxygens (including phenoxy) is 1. The highest BCUT2D eigenvalue weighted by Gasteiger charge is 2.26. The van der Waals surface area contributed by atoms with Crippen molar-refractivity contribution in [2.75, 3.05) is 18.9 Å². The second-order valence-corrected chi connectivity index (χ2v) is 7.70. The summed E-state index contributed by atoms with van der Waals surface area (Å²) in [5.74, 6) is -1.51. The maximum absolute atomic E-state index is 12.9. The number of nitrogens with zero attached hydrogens (tertiary/aromatic N) is 2. The number of sulfonamides is 1. The van der Waals surface area contributed by atoms with E-state index in [1.54, 1.807) is 6.92 Å². The summed E-state index contributed by atoms with van der Waals surface area (Å²) in [6, 6.07) is 5.65. The number of hydrogen-bond donors (Lipinski definition) is 1. The number of aromatic nitrogens is 1. The molecule has 0 unspecified atom stereocenters. The molecule has 1 atom stereocenters. The first-order chi connectivity index (χ1) is 12.6. The van der Waals surface area contributed by atoms with Crippen molar-refractivity contribution in [1.82, 2.24) is 9.46 Å². The van der Waals surface area contributed by atoms with Gasteiger partial charge in [-0.15, -0.1) is 0 Å². The normalized spacial score (nSPS) is 12.6. The molecule has 27 heavy (non-hydrogen) atoms. The third kappa shape index (κ3) is 5.34. The number of benzene rings is 1. The fourth-order valence-electron chi connectivity index (χ4n) is 1.99. The number of hydrogen-bond acceptors (Lipinski definition) is 7. The number of aryl methyl sites for hydroxylation is 1. The standard InChI is InChI=1S/C16H18FN3O6S/c1-10-8-14(19-26-10)18-16(22)11(2)25-15(21)9-20(3)27(23,24)13-6-4-12(17)5-7-13/h4-8,11H,9H2,1-3H3,(H,18,19,22)/t11-/m0/s1. The van der Waals surface area contributed by atoms with Crippen LogP contribution >= 0.6 is 0 Å². The number of likely N-dealkylation sites (N-methyl/N-ethyl adjacent to an activating group) is 1. The molecular weight excluding hydrogens is 381 g/mol. The number of esters is 1. The highest BCUT2D eigenvalue weighted by Crippen LogP contribution is 2.15. The zero-order valence-corrected chi connectivity index (χ0v) is 15.6. The Kier molecular flexibility index (Phi) is 6.28. The van der Waals surface area contributed by atoms with Gasteiger partial charge in [-0.1, -0.05) is 5.16 Å². The van der Waals surface area contributed by atoms with E-state index in [4.69, 9.17) is 9.26 Å². The second-order valence-electron chi connectivity index (χ2n) is 5.66. The van der Waals surface area contributed by atoms with Gasteiger partial charge in [-0.3, -0.25) is 9.59 Å². The van der Waals surface area contributed by atoms with Gasteiger partial charge in [0.05, 0.1) is 4.90 Å². The average molecular weight is 399 g/mol. The minimum atomic E-state index is -4.01. The molecule has 9 nitrogen and oxygen atoms in total. The van der Waals surface area contributed by atoms with E-state index in [2.05, 4.69) is 10.5 Å². The molecule has 0 saturated carbocycles. The molecule has 0 radical (unpaired) electrons. The zero-order valence-electron chi connectivity index (χ0n) is 14.8. The lowest BCUT2D eigenvalue weighted by Gasteiger charge is -2.18. The van der Waals surface area contributed by atoms with Crippen molar-refractivity contribution in [2.24, 2.45) is 0 Å². The largest absolute Gasteiger partial charge is 0.452 e. The molecule has 2 aromatic rings. The quantitative estimate of drug-likeness (QED) is 0.697. The molecule has 0 aliphatic rings. The van der Waals surface area contributed by atoms with E-state index in [-0.39, 0.29) is 10.7 Å². The van der Waals surface area contributed by atoms with Crippen LogP contribution in [0.5, 0.6) is 0 Å². The topological polar surface area (TPSA) is 119 Å². The Labute approximate surface area is 155 Å². The third-order valence-electron chi connectivity index (χ3n) is 3.43. The zero-order chi connectivity index (χ0) is 20.2. The van der Waals surface area contributed by atoms with Crippen molar-refractivity contribution in [3.63, 3.8) is 0 Å². The Morgan fingerprint density at radius 3 is 2.52 bits per heavy atom. The lowest BCUT2D eigenvalue weighted by Crippen LogP contribution is -2.37. The van der Waals surface area contributed by atoms with E-state index in [1.807, 2.05) is 0 Å². The van der Waals surface area contributed by atoms with E-state index in [0.717, 1.165) is 28.6 Å². The molecule has 0 saturated heterocycles. The minimum absolute atomic E-state index is 0.163. The van der Waals surface area contributed by atoms with Crippen LogP contribution in [0.1, 0.15) is 12.7 Å². The number of carbonyl (C=O) groups excluding carboxylic acids is 2. The predicted octanol–water partition coefficient (Wildman–Crippen LogP) is 1.31. The van der Waals surface area contributed by atoms with E-state index < -0.39 is 40.4 Å². The fraction of sp³-hybridized carbons (Fsp3) is 0.312. The van der Waals surface area contributed by atoms with Gasteiger partial charge in [0.25, 0.3) is 5.91 Å². The smallest absolute Gasteiger partial charge is 0.322 e. The molecule has 146 valence electrons. The lowest BCUT2D eigenvalue weighted by atomic mass is 10.3. The highest BCUT2D eigenvalue weighted by molar-refractivity contribution is 7.89. The number of nitrogens with one attached hydrogen (secondary N) is 1. The van der Waals surface area contributed by atoms with Gasteiger partial charge in [0, 0.05) is 13.1 Å². The summed E-state index contributed by atoms with van der Waals surface area (Å²) in [6.07, 6.45) is -1.18. The molecule has 1 heterocycles. The molecule has 0 bridgehead atoms. The summed E-state index contributed by atoms with van der Waals surface area (Å²) in [4.78, 5) is 23.7. The summed E-state index contributed by atoms with van der Waals surface area (Å²) in [6.45, 7) is 2.35. The fourth-order valence-corrected chi connectivity index (χ4v) is 3.11. The summed E-state index contributed by atoms with van der Waals surface area (Å²) in [5, 5.41) is 5.97. The van der Waals surface area contributed by atoms with Crippen molar-refractivity contribution in [3.8, 4) is 0 Å². The predicted molar refractivity (Wildman–Crippen MR) is 91.6 cm³/mol. The number of anilines is 1. The van der Waals surface area contributed by atoms with E-state index in [0.29, 0.717) is 5.76 Å². The Bertz CT molecular complexity index is 926. The van der Waals surface area contributed by atoms with Crippen LogP contribution < -0.4 is 5.32 Å². The highest BCUT2D eigenvalue weighted by atomic mass is 32.2. The average Bonchev–Trinajstić information content (AvgIpc) is 2.99. The number of halogens is 1. The van der Waals surface area contributed by atoms with Crippen molar-refractivity contribution < 1.29 is 31.7 Å². The van der Waals surface area contributed by atoms with Crippen molar-refractivity contribution in [2.45, 2.75) is 24.8 Å². The monoisotopic (exact) mass is 399 g/mol. The molecule has 1 N–H and O–H groups in total. The van der Waals surface area contributed by atoms with Crippen LogP contribution in [0.25, 0.3) is 0 Å². The first-order valence-electron chi connectivity index (χ1n) is 7.75. The number of rotatable bonds is 7. The molecular formula is C16H18FN3O6S. The maximum atomic E-state index is 12.9. The Hall–Kier alpha value is -2.79. The van der Waals surface area contributed by atoms with Gasteiger partial charge < -0.3 is 14.6 Å². The molecule has 1 aromatic heterocycles. The van der Waals surface area contributed by atoms with Crippen molar-refractivity contribution in [3.05, 3.63) is 41.9 Å². The molecule has 2 rings (SSSR count).